The topological polar surface area (TPSA) is 130 Å². The molecule has 3 aromatic rings. The van der Waals surface area contributed by atoms with Crippen molar-refractivity contribution < 1.29 is 24.7 Å². The quantitative estimate of drug-likeness (QED) is 0.283. The van der Waals surface area contributed by atoms with E-state index in [-0.39, 0.29) is 33.7 Å². The van der Waals surface area contributed by atoms with E-state index >= 15 is 0 Å². The Kier molecular flexibility index (Phi) is 3.82. The molecule has 0 aliphatic heterocycles. The maximum atomic E-state index is 13.1. The molecule has 0 saturated heterocycles. The Morgan fingerprint density at radius 3 is 2.18 bits per heavy atom. The zero-order valence-corrected chi connectivity index (χ0v) is 14.2. The third kappa shape index (κ3) is 2.55. The largest absolute Gasteiger partial charge is 0.506 e. The fraction of sp³-hybridized carbons (Fsp3) is 0. The first kappa shape index (κ1) is 17.2. The number of nitrogens with one attached hydrogen (secondary N) is 1. The van der Waals surface area contributed by atoms with Crippen molar-refractivity contribution in [3.8, 4) is 11.5 Å². The molecule has 8 heteroatoms. The van der Waals surface area contributed by atoms with Gasteiger partial charge in [0.25, 0.3) is 0 Å². The van der Waals surface area contributed by atoms with E-state index in [0.29, 0.717) is 5.69 Å². The molecule has 0 unspecified atom stereocenters. The summed E-state index contributed by atoms with van der Waals surface area (Å²) in [6, 6.07) is 13.1. The number of aromatic hydroxyl groups is 2. The number of ketones is 2. The maximum absolute atomic E-state index is 13.1. The second-order valence-corrected chi connectivity index (χ2v) is 6.18. The average Bonchev–Trinajstić information content (AvgIpc) is 2.68. The summed E-state index contributed by atoms with van der Waals surface area (Å²) < 4.78 is 0. The highest BCUT2D eigenvalue weighted by Crippen LogP contribution is 2.41. The highest BCUT2D eigenvalue weighted by Gasteiger charge is 2.35. The van der Waals surface area contributed by atoms with Gasteiger partial charge in [-0.3, -0.25) is 19.7 Å². The smallest absolute Gasteiger partial charge is 0.311 e. The number of hydrogen-bond donors (Lipinski definition) is 3. The highest BCUT2D eigenvalue weighted by molar-refractivity contribution is 6.31. The molecule has 0 saturated carbocycles. The number of para-hydroxylation sites is 1. The third-order valence-electron chi connectivity index (χ3n) is 4.50. The molecule has 3 N–H and O–H groups in total. The summed E-state index contributed by atoms with van der Waals surface area (Å²) in [4.78, 5) is 36.2. The fourth-order valence-electron chi connectivity index (χ4n) is 3.19. The molecule has 28 heavy (non-hydrogen) atoms. The van der Waals surface area contributed by atoms with Crippen molar-refractivity contribution in [1.29, 1.82) is 0 Å². The summed E-state index contributed by atoms with van der Waals surface area (Å²) >= 11 is 0. The van der Waals surface area contributed by atoms with Gasteiger partial charge in [0.2, 0.25) is 0 Å². The van der Waals surface area contributed by atoms with Gasteiger partial charge in [-0.05, 0) is 30.3 Å². The first-order valence-corrected chi connectivity index (χ1v) is 8.17. The van der Waals surface area contributed by atoms with Crippen LogP contribution in [0.2, 0.25) is 0 Å². The summed E-state index contributed by atoms with van der Waals surface area (Å²) in [7, 11) is 0. The van der Waals surface area contributed by atoms with Crippen molar-refractivity contribution in [2.24, 2.45) is 0 Å². The van der Waals surface area contributed by atoms with Crippen molar-refractivity contribution in [1.82, 2.24) is 0 Å². The zero-order valence-electron chi connectivity index (χ0n) is 14.2. The molecule has 0 heterocycles. The van der Waals surface area contributed by atoms with Crippen molar-refractivity contribution in [3.63, 3.8) is 0 Å². The Morgan fingerprint density at radius 2 is 1.50 bits per heavy atom. The molecule has 0 fully saturated rings. The van der Waals surface area contributed by atoms with Crippen LogP contribution >= 0.6 is 0 Å². The molecule has 0 spiro atoms. The Labute approximate surface area is 157 Å². The van der Waals surface area contributed by atoms with Crippen LogP contribution in [0.15, 0.2) is 54.6 Å². The predicted molar refractivity (Wildman–Crippen MR) is 99.5 cm³/mol. The van der Waals surface area contributed by atoms with Crippen LogP contribution in [0.25, 0.3) is 0 Å². The van der Waals surface area contributed by atoms with E-state index in [9.17, 15) is 29.9 Å². The van der Waals surface area contributed by atoms with Crippen molar-refractivity contribution in [2.45, 2.75) is 0 Å². The van der Waals surface area contributed by atoms with Gasteiger partial charge >= 0.3 is 5.69 Å². The number of benzene rings is 3. The van der Waals surface area contributed by atoms with E-state index in [4.69, 9.17) is 0 Å². The van der Waals surface area contributed by atoms with Gasteiger partial charge in [0.15, 0.2) is 17.3 Å². The number of phenolic OH excluding ortho intramolecular Hbond substituents is 2. The number of anilines is 2. The van der Waals surface area contributed by atoms with Crippen molar-refractivity contribution in [3.05, 3.63) is 87.0 Å². The molecule has 0 aromatic heterocycles. The van der Waals surface area contributed by atoms with Crippen molar-refractivity contribution in [2.75, 3.05) is 5.32 Å². The minimum absolute atomic E-state index is 0.0296. The van der Waals surface area contributed by atoms with Crippen LogP contribution in [0.4, 0.5) is 17.1 Å². The first-order chi connectivity index (χ1) is 13.4. The monoisotopic (exact) mass is 376 g/mol. The Bertz CT molecular complexity index is 1170. The van der Waals surface area contributed by atoms with E-state index in [2.05, 4.69) is 5.32 Å². The average molecular weight is 376 g/mol. The highest BCUT2D eigenvalue weighted by atomic mass is 16.6. The SMILES string of the molecule is O=C1c2cc(O)c([N+](=O)[O-])cc2C(=O)c2c1ccc(O)c2Nc1ccccc1. The van der Waals surface area contributed by atoms with Gasteiger partial charge in [0.1, 0.15) is 5.75 Å². The summed E-state index contributed by atoms with van der Waals surface area (Å²) in [5.74, 6) is -2.19. The van der Waals surface area contributed by atoms with Crippen LogP contribution in [0.5, 0.6) is 11.5 Å². The van der Waals surface area contributed by atoms with Gasteiger partial charge in [-0.1, -0.05) is 18.2 Å². The van der Waals surface area contributed by atoms with E-state index in [0.717, 1.165) is 12.1 Å². The molecule has 0 radical (unpaired) electrons. The van der Waals surface area contributed by atoms with Gasteiger partial charge < -0.3 is 15.5 Å². The van der Waals surface area contributed by atoms with Gasteiger partial charge in [-0.2, -0.15) is 0 Å². The molecule has 1 aliphatic rings. The summed E-state index contributed by atoms with van der Waals surface area (Å²) in [6.07, 6.45) is 0. The first-order valence-electron chi connectivity index (χ1n) is 8.17. The lowest BCUT2D eigenvalue weighted by Gasteiger charge is -2.21. The Balaban J connectivity index is 1.93. The summed E-state index contributed by atoms with van der Waals surface area (Å²) in [5, 5.41) is 34.1. The number of carbonyl (C=O) groups excluding carboxylic acids is 2. The van der Waals surface area contributed by atoms with Crippen LogP contribution in [0.1, 0.15) is 31.8 Å². The lowest BCUT2D eigenvalue weighted by molar-refractivity contribution is -0.385. The van der Waals surface area contributed by atoms with E-state index < -0.39 is 27.9 Å². The van der Waals surface area contributed by atoms with Gasteiger partial charge in [-0.15, -0.1) is 0 Å². The minimum atomic E-state index is -0.839. The van der Waals surface area contributed by atoms with E-state index in [1.54, 1.807) is 30.3 Å². The lowest BCUT2D eigenvalue weighted by Crippen LogP contribution is -2.22. The number of nitro groups is 1. The maximum Gasteiger partial charge on any atom is 0.311 e. The predicted octanol–water partition coefficient (Wildman–Crippen LogP) is 3.53. The number of nitrogens with zero attached hydrogens (tertiary/aromatic N) is 1. The second-order valence-electron chi connectivity index (χ2n) is 6.18. The number of carbonyl (C=O) groups is 2. The van der Waals surface area contributed by atoms with Crippen LogP contribution in [-0.2, 0) is 0 Å². The number of phenols is 2. The molecule has 4 rings (SSSR count). The molecule has 1 aliphatic carbocycles. The zero-order chi connectivity index (χ0) is 20.0. The molecular formula is C20H12N2O6. The van der Waals surface area contributed by atoms with Crippen LogP contribution in [0, 0.1) is 10.1 Å². The van der Waals surface area contributed by atoms with Gasteiger partial charge in [0, 0.05) is 28.4 Å². The second kappa shape index (κ2) is 6.20. The van der Waals surface area contributed by atoms with Crippen LogP contribution < -0.4 is 5.32 Å². The Hall–Kier alpha value is -4.20. The number of hydrogen-bond acceptors (Lipinski definition) is 7. The third-order valence-corrected chi connectivity index (χ3v) is 4.50. The summed E-state index contributed by atoms with van der Waals surface area (Å²) in [5.41, 5.74) is -0.456. The number of rotatable bonds is 3. The van der Waals surface area contributed by atoms with Crippen LogP contribution in [0.3, 0.4) is 0 Å². The molecule has 8 nitrogen and oxygen atoms in total. The molecule has 3 aromatic carbocycles. The van der Waals surface area contributed by atoms with Gasteiger partial charge in [0.05, 0.1) is 16.2 Å². The standard InChI is InChI=1S/C20H12N2O6/c23-15-7-6-11-17(18(15)21-10-4-2-1-3-5-10)20(26)12-8-14(22(27)28)16(24)9-13(12)19(11)25/h1-9,21,23-24H. The number of fused-ring (bicyclic) bond motifs is 2. The minimum Gasteiger partial charge on any atom is -0.506 e. The van der Waals surface area contributed by atoms with E-state index in [1.165, 1.54) is 12.1 Å². The molecule has 138 valence electrons. The van der Waals surface area contributed by atoms with Crippen LogP contribution in [-0.4, -0.2) is 26.7 Å². The Morgan fingerprint density at radius 1 is 0.821 bits per heavy atom. The molecule has 0 amide bonds. The lowest BCUT2D eigenvalue weighted by atomic mass is 9.82. The summed E-state index contributed by atoms with van der Waals surface area (Å²) in [6.45, 7) is 0. The van der Waals surface area contributed by atoms with Crippen molar-refractivity contribution >= 4 is 28.6 Å². The van der Waals surface area contributed by atoms with Gasteiger partial charge in [-0.25, -0.2) is 0 Å². The number of nitro benzene ring substituents is 1. The fourth-order valence-corrected chi connectivity index (χ4v) is 3.19. The molecule has 0 atom stereocenters. The molecular weight excluding hydrogens is 364 g/mol. The van der Waals surface area contributed by atoms with E-state index in [1.807, 2.05) is 0 Å². The molecule has 0 bridgehead atoms. The normalized spacial score (nSPS) is 12.3.